The molecule has 1 aliphatic rings. The molecule has 25 heavy (non-hydrogen) atoms. The van der Waals surface area contributed by atoms with Crippen LogP contribution in [-0.4, -0.2) is 80.7 Å². The van der Waals surface area contributed by atoms with Gasteiger partial charge in [0.25, 0.3) is 0 Å². The van der Waals surface area contributed by atoms with Gasteiger partial charge in [-0.3, -0.25) is 20.2 Å². The van der Waals surface area contributed by atoms with E-state index < -0.39 is 54.3 Å². The van der Waals surface area contributed by atoms with Crippen LogP contribution in [0, 0.1) is 5.41 Å². The molecule has 0 saturated carbocycles. The topological polar surface area (TPSA) is 193 Å². The first kappa shape index (κ1) is 23.1. The van der Waals surface area contributed by atoms with Crippen molar-refractivity contribution in [3.63, 3.8) is 0 Å². The maximum Gasteiger partial charge on any atom is 0.328 e. The Hall–Kier alpha value is -1.92. The first-order chi connectivity index (χ1) is 11.6. The van der Waals surface area contributed by atoms with Crippen molar-refractivity contribution in [1.82, 2.24) is 10.6 Å². The van der Waals surface area contributed by atoms with Gasteiger partial charge in [-0.2, -0.15) is 0 Å². The molecule has 0 aliphatic carbocycles. The third kappa shape index (κ3) is 5.54. The van der Waals surface area contributed by atoms with Gasteiger partial charge < -0.3 is 30.3 Å². The molecule has 1 rings (SSSR count). The number of urea groups is 1. The number of carbonyl (C=O) groups excluding carboxylic acids is 4. The zero-order chi connectivity index (χ0) is 19.8. The van der Waals surface area contributed by atoms with Crippen LogP contribution in [0.2, 0.25) is 0 Å². The SMILES string of the molecule is CCC1(CC)C(=O)NC(=O)NC1=O.O=C[C@H](O)[C@@H](O)[C@H](O)[C@H](O)CO. The van der Waals surface area contributed by atoms with E-state index >= 15 is 0 Å². The molecule has 7 N–H and O–H groups in total. The van der Waals surface area contributed by atoms with Crippen LogP contribution < -0.4 is 10.6 Å². The smallest absolute Gasteiger partial charge is 0.328 e. The number of amides is 4. The van der Waals surface area contributed by atoms with Gasteiger partial charge in [-0.1, -0.05) is 13.8 Å². The van der Waals surface area contributed by atoms with Crippen molar-refractivity contribution in [2.75, 3.05) is 6.61 Å². The lowest BCUT2D eigenvalue weighted by molar-refractivity contribution is -0.144. The second-order valence-corrected chi connectivity index (χ2v) is 5.38. The molecule has 0 radical (unpaired) electrons. The average molecular weight is 364 g/mol. The van der Waals surface area contributed by atoms with Gasteiger partial charge in [0.05, 0.1) is 6.61 Å². The number of hydrogen-bond acceptors (Lipinski definition) is 9. The highest BCUT2D eigenvalue weighted by atomic mass is 16.4. The van der Waals surface area contributed by atoms with Crippen LogP contribution in [0.4, 0.5) is 4.79 Å². The second kappa shape index (κ2) is 10.2. The second-order valence-electron chi connectivity index (χ2n) is 5.38. The van der Waals surface area contributed by atoms with E-state index in [4.69, 9.17) is 25.5 Å². The maximum absolute atomic E-state index is 11.4. The summed E-state index contributed by atoms with van der Waals surface area (Å²) in [6.45, 7) is 2.74. The Morgan fingerprint density at radius 1 is 0.960 bits per heavy atom. The molecule has 1 aliphatic heterocycles. The quantitative estimate of drug-likeness (QED) is 0.180. The van der Waals surface area contributed by atoms with Crippen LogP contribution in [0.3, 0.4) is 0 Å². The molecule has 0 spiro atoms. The number of imide groups is 2. The number of rotatable bonds is 7. The Labute approximate surface area is 143 Å². The summed E-state index contributed by atoms with van der Waals surface area (Å²) in [7, 11) is 0. The van der Waals surface area contributed by atoms with Crippen LogP contribution in [0.25, 0.3) is 0 Å². The first-order valence-electron chi connectivity index (χ1n) is 7.56. The normalized spacial score (nSPS) is 21.0. The molecule has 0 aromatic carbocycles. The highest BCUT2D eigenvalue weighted by Crippen LogP contribution is 2.28. The summed E-state index contributed by atoms with van der Waals surface area (Å²) in [5, 5.41) is 47.7. The molecule has 11 nitrogen and oxygen atoms in total. The number of barbiturate groups is 1. The average Bonchev–Trinajstić information content (AvgIpc) is 2.60. The summed E-state index contributed by atoms with van der Waals surface area (Å²) in [6.07, 6.45) is -6.04. The third-order valence-corrected chi connectivity index (χ3v) is 3.95. The fourth-order valence-corrected chi connectivity index (χ4v) is 2.09. The Kier molecular flexibility index (Phi) is 9.38. The van der Waals surface area contributed by atoms with Crippen molar-refractivity contribution in [2.24, 2.45) is 5.41 Å². The lowest BCUT2D eigenvalue weighted by Gasteiger charge is -2.31. The lowest BCUT2D eigenvalue weighted by Crippen LogP contribution is -2.61. The number of aliphatic hydroxyl groups is 5. The molecule has 0 unspecified atom stereocenters. The number of nitrogens with one attached hydrogen (secondary N) is 2. The van der Waals surface area contributed by atoms with E-state index in [9.17, 15) is 19.2 Å². The van der Waals surface area contributed by atoms with Crippen LogP contribution in [-0.2, 0) is 14.4 Å². The minimum Gasteiger partial charge on any atom is -0.394 e. The van der Waals surface area contributed by atoms with Gasteiger partial charge in [-0.15, -0.1) is 0 Å². The van der Waals surface area contributed by atoms with Crippen molar-refractivity contribution >= 4 is 24.1 Å². The molecule has 1 saturated heterocycles. The van der Waals surface area contributed by atoms with E-state index in [1.807, 2.05) is 0 Å². The maximum atomic E-state index is 11.4. The zero-order valence-corrected chi connectivity index (χ0v) is 13.9. The van der Waals surface area contributed by atoms with Crippen molar-refractivity contribution in [1.29, 1.82) is 0 Å². The van der Waals surface area contributed by atoms with Gasteiger partial charge in [-0.25, -0.2) is 4.79 Å². The fourth-order valence-electron chi connectivity index (χ4n) is 2.09. The molecule has 1 heterocycles. The number of aldehydes is 1. The zero-order valence-electron chi connectivity index (χ0n) is 13.9. The van der Waals surface area contributed by atoms with Gasteiger partial charge in [0, 0.05) is 0 Å². The van der Waals surface area contributed by atoms with Gasteiger partial charge >= 0.3 is 6.03 Å². The minimum atomic E-state index is -1.79. The predicted molar refractivity (Wildman–Crippen MR) is 81.9 cm³/mol. The van der Waals surface area contributed by atoms with Crippen LogP contribution >= 0.6 is 0 Å². The monoisotopic (exact) mass is 364 g/mol. The largest absolute Gasteiger partial charge is 0.394 e. The van der Waals surface area contributed by atoms with Crippen LogP contribution in [0.5, 0.6) is 0 Å². The van der Waals surface area contributed by atoms with E-state index in [2.05, 4.69) is 10.6 Å². The molecule has 4 atom stereocenters. The van der Waals surface area contributed by atoms with Crippen molar-refractivity contribution in [3.05, 3.63) is 0 Å². The standard InChI is InChI=1S/C8H12N2O3.C6H12O6/c1-3-8(4-2)5(11)9-7(13)10-6(8)12;7-1-3(9)5(11)6(12)4(10)2-8/h3-4H2,1-2H3,(H2,9,10,11,12,13);1,3-6,8-12H,2H2/t;3-,4+,5+,6+/m.0/s1. The number of carbonyl (C=O) groups is 4. The van der Waals surface area contributed by atoms with Gasteiger partial charge in [0.1, 0.15) is 29.8 Å². The molecule has 11 heteroatoms. The number of hydrogen-bond donors (Lipinski definition) is 7. The van der Waals surface area contributed by atoms with Crippen LogP contribution in [0.1, 0.15) is 26.7 Å². The molecule has 4 amide bonds. The Bertz CT molecular complexity index is 471. The molecule has 144 valence electrons. The fraction of sp³-hybridized carbons (Fsp3) is 0.714. The van der Waals surface area contributed by atoms with Gasteiger partial charge in [-0.05, 0) is 12.8 Å². The Balaban J connectivity index is 0.000000463. The molecular weight excluding hydrogens is 340 g/mol. The molecule has 0 aromatic heterocycles. The lowest BCUT2D eigenvalue weighted by atomic mass is 9.79. The van der Waals surface area contributed by atoms with Crippen molar-refractivity contribution in [2.45, 2.75) is 51.1 Å². The van der Waals surface area contributed by atoms with E-state index in [-0.39, 0.29) is 6.29 Å². The van der Waals surface area contributed by atoms with Crippen molar-refractivity contribution < 1.29 is 44.7 Å². The van der Waals surface area contributed by atoms with E-state index in [1.165, 1.54) is 0 Å². The Morgan fingerprint density at radius 2 is 1.40 bits per heavy atom. The van der Waals surface area contributed by atoms with Crippen LogP contribution in [0.15, 0.2) is 0 Å². The number of aliphatic hydroxyl groups excluding tert-OH is 5. The predicted octanol–water partition coefficient (Wildman–Crippen LogP) is -3.22. The first-order valence-corrected chi connectivity index (χ1v) is 7.56. The third-order valence-electron chi connectivity index (χ3n) is 3.95. The van der Waals surface area contributed by atoms with Gasteiger partial charge in [0.15, 0.2) is 6.29 Å². The highest BCUT2D eigenvalue weighted by molar-refractivity contribution is 6.19. The molecule has 0 aromatic rings. The summed E-state index contributed by atoms with van der Waals surface area (Å²) in [4.78, 5) is 43.4. The van der Waals surface area contributed by atoms with Gasteiger partial charge in [0.2, 0.25) is 11.8 Å². The molecular formula is C14H24N2O9. The van der Waals surface area contributed by atoms with Crippen molar-refractivity contribution in [3.8, 4) is 0 Å². The summed E-state index contributed by atoms with van der Waals surface area (Å²) < 4.78 is 0. The van der Waals surface area contributed by atoms with E-state index in [0.717, 1.165) is 0 Å². The summed E-state index contributed by atoms with van der Waals surface area (Å²) in [5.41, 5.74) is -1.06. The molecule has 0 bridgehead atoms. The summed E-state index contributed by atoms with van der Waals surface area (Å²) in [6, 6.07) is -0.729. The minimum absolute atomic E-state index is 0.0258. The van der Waals surface area contributed by atoms with E-state index in [1.54, 1.807) is 13.8 Å². The highest BCUT2D eigenvalue weighted by Gasteiger charge is 2.47. The summed E-state index contributed by atoms with van der Waals surface area (Å²) in [5.74, 6) is -0.988. The van der Waals surface area contributed by atoms with E-state index in [0.29, 0.717) is 12.8 Å². The molecule has 1 fully saturated rings. The summed E-state index contributed by atoms with van der Waals surface area (Å²) >= 11 is 0. The Morgan fingerprint density at radius 3 is 1.72 bits per heavy atom.